The number of ether oxygens (including phenoxy) is 1. The number of amides is 1. The van der Waals surface area contributed by atoms with Gasteiger partial charge in [0.15, 0.2) is 0 Å². The maximum absolute atomic E-state index is 12.9. The van der Waals surface area contributed by atoms with Gasteiger partial charge in [0.25, 0.3) is 5.91 Å². The van der Waals surface area contributed by atoms with Crippen molar-refractivity contribution in [3.8, 4) is 5.75 Å². The summed E-state index contributed by atoms with van der Waals surface area (Å²) in [7, 11) is -3.65. The van der Waals surface area contributed by atoms with Crippen molar-refractivity contribution in [3.63, 3.8) is 0 Å². The highest BCUT2D eigenvalue weighted by atomic mass is 35.5. The number of para-hydroxylation sites is 1. The Hall–Kier alpha value is -3.79. The Morgan fingerprint density at radius 3 is 2.26 bits per heavy atom. The van der Waals surface area contributed by atoms with E-state index in [2.05, 4.69) is 5.10 Å². The van der Waals surface area contributed by atoms with Gasteiger partial charge in [-0.1, -0.05) is 41.9 Å². The van der Waals surface area contributed by atoms with E-state index in [1.54, 1.807) is 49.4 Å². The van der Waals surface area contributed by atoms with E-state index in [1.807, 2.05) is 30.3 Å². The number of carbonyl (C=O) groups is 2. The van der Waals surface area contributed by atoms with Crippen LogP contribution in [0.4, 0.5) is 5.69 Å². The lowest BCUT2D eigenvalue weighted by Crippen LogP contribution is -2.41. The minimum absolute atomic E-state index is 0.177. The molecule has 0 atom stereocenters. The molecule has 0 aromatic heterocycles. The van der Waals surface area contributed by atoms with Gasteiger partial charge in [0.05, 0.1) is 27.8 Å². The predicted octanol–water partition coefficient (Wildman–Crippen LogP) is 5.15. The molecule has 10 heteroatoms. The molecule has 3 aromatic carbocycles. The SMILES string of the molecule is CC1=NN(c2ccccc2)C(=O)/C1=C\c1ccc(OC(=O)C2CCN(S(=O)(=O)c3ccc(Cl)cc3)CC2)cc1. The van der Waals surface area contributed by atoms with Crippen LogP contribution in [0.3, 0.4) is 0 Å². The van der Waals surface area contributed by atoms with Crippen molar-refractivity contribution in [2.45, 2.75) is 24.7 Å². The number of hydrogen-bond acceptors (Lipinski definition) is 6. The summed E-state index contributed by atoms with van der Waals surface area (Å²) in [5.74, 6) is -0.620. The van der Waals surface area contributed by atoms with Crippen molar-refractivity contribution in [2.24, 2.45) is 11.0 Å². The maximum Gasteiger partial charge on any atom is 0.314 e. The third-order valence-electron chi connectivity index (χ3n) is 6.71. The Balaban J connectivity index is 1.18. The van der Waals surface area contributed by atoms with Crippen LogP contribution in [0.1, 0.15) is 25.3 Å². The zero-order valence-electron chi connectivity index (χ0n) is 21.2. The minimum atomic E-state index is -3.65. The number of hydrogen-bond donors (Lipinski definition) is 0. The second-order valence-corrected chi connectivity index (χ2v) is 11.7. The van der Waals surface area contributed by atoms with Crippen molar-refractivity contribution in [1.82, 2.24) is 4.31 Å². The fourth-order valence-corrected chi connectivity index (χ4v) is 6.11. The molecule has 2 heterocycles. The molecular weight excluding hydrogens is 538 g/mol. The van der Waals surface area contributed by atoms with Gasteiger partial charge in [-0.3, -0.25) is 9.59 Å². The maximum atomic E-state index is 12.9. The molecule has 8 nitrogen and oxygen atoms in total. The summed E-state index contributed by atoms with van der Waals surface area (Å²) < 4.78 is 32.7. The van der Waals surface area contributed by atoms with Gasteiger partial charge in [-0.25, -0.2) is 8.42 Å². The van der Waals surface area contributed by atoms with Gasteiger partial charge >= 0.3 is 5.97 Å². The van der Waals surface area contributed by atoms with Gasteiger partial charge in [0.1, 0.15) is 5.75 Å². The van der Waals surface area contributed by atoms with Gasteiger partial charge < -0.3 is 4.74 Å². The Bertz CT molecular complexity index is 1540. The van der Waals surface area contributed by atoms with Crippen molar-refractivity contribution in [2.75, 3.05) is 18.1 Å². The van der Waals surface area contributed by atoms with Crippen molar-refractivity contribution < 1.29 is 22.7 Å². The fourth-order valence-electron chi connectivity index (χ4n) is 4.51. The first kappa shape index (κ1) is 26.8. The van der Waals surface area contributed by atoms with E-state index in [4.69, 9.17) is 16.3 Å². The number of sulfonamides is 1. The summed E-state index contributed by atoms with van der Waals surface area (Å²) in [5, 5.41) is 6.23. The molecule has 0 spiro atoms. The normalized spacial score (nSPS) is 17.9. The van der Waals surface area contributed by atoms with Crippen LogP contribution >= 0.6 is 11.6 Å². The first-order valence-electron chi connectivity index (χ1n) is 12.5. The van der Waals surface area contributed by atoms with Crippen LogP contribution in [0.2, 0.25) is 5.02 Å². The number of halogens is 1. The van der Waals surface area contributed by atoms with Gasteiger partial charge in [0, 0.05) is 18.1 Å². The van der Waals surface area contributed by atoms with Crippen LogP contribution in [0.5, 0.6) is 5.75 Å². The number of hydrazone groups is 1. The van der Waals surface area contributed by atoms with Crippen LogP contribution < -0.4 is 9.75 Å². The molecule has 0 N–H and O–H groups in total. The number of rotatable bonds is 6. The molecule has 0 unspecified atom stereocenters. The summed E-state index contributed by atoms with van der Waals surface area (Å²) in [5.41, 5.74) is 2.57. The quantitative estimate of drug-likeness (QED) is 0.235. The van der Waals surface area contributed by atoms with E-state index in [0.717, 1.165) is 5.56 Å². The predicted molar refractivity (Wildman–Crippen MR) is 150 cm³/mol. The Kier molecular flexibility index (Phi) is 7.65. The third-order valence-corrected chi connectivity index (χ3v) is 8.88. The van der Waals surface area contributed by atoms with E-state index in [9.17, 15) is 18.0 Å². The topological polar surface area (TPSA) is 96.3 Å². The number of anilines is 1. The van der Waals surface area contributed by atoms with Crippen LogP contribution in [0.15, 0.2) is 94.4 Å². The molecule has 0 bridgehead atoms. The molecular formula is C29H26ClN3O5S. The summed E-state index contributed by atoms with van der Waals surface area (Å²) in [6, 6.07) is 22.1. The van der Waals surface area contributed by atoms with Gasteiger partial charge in [-0.2, -0.15) is 14.4 Å². The minimum Gasteiger partial charge on any atom is -0.426 e. The molecule has 2 aliphatic heterocycles. The number of esters is 1. The lowest BCUT2D eigenvalue weighted by molar-refractivity contribution is -0.140. The fraction of sp³-hybridized carbons (Fsp3) is 0.207. The van der Waals surface area contributed by atoms with Crippen LogP contribution in [-0.4, -0.2) is 43.4 Å². The highest BCUT2D eigenvalue weighted by molar-refractivity contribution is 7.89. The van der Waals surface area contributed by atoms with Crippen molar-refractivity contribution in [1.29, 1.82) is 0 Å². The largest absolute Gasteiger partial charge is 0.426 e. The van der Waals surface area contributed by atoms with Gasteiger partial charge in [0.2, 0.25) is 10.0 Å². The summed E-state index contributed by atoms with van der Waals surface area (Å²) in [4.78, 5) is 25.9. The van der Waals surface area contributed by atoms with E-state index < -0.39 is 21.9 Å². The van der Waals surface area contributed by atoms with Crippen molar-refractivity contribution >= 4 is 51.0 Å². The van der Waals surface area contributed by atoms with Crippen LogP contribution in [-0.2, 0) is 19.6 Å². The van der Waals surface area contributed by atoms with E-state index >= 15 is 0 Å². The first-order valence-corrected chi connectivity index (χ1v) is 14.3. The zero-order valence-corrected chi connectivity index (χ0v) is 22.7. The number of benzene rings is 3. The first-order chi connectivity index (χ1) is 18.7. The summed E-state index contributed by atoms with van der Waals surface area (Å²) >= 11 is 5.87. The molecule has 0 radical (unpaired) electrons. The summed E-state index contributed by atoms with van der Waals surface area (Å²) in [6.07, 6.45) is 2.50. The molecule has 39 heavy (non-hydrogen) atoms. The molecule has 200 valence electrons. The standard InChI is InChI=1S/C29H26ClN3O5S/c1-20-27(28(34)33(31-20)24-5-3-2-4-6-24)19-21-7-11-25(12-8-21)38-29(35)22-15-17-32(18-16-22)39(36,37)26-13-9-23(30)10-14-26/h2-14,19,22H,15-18H2,1H3/b27-19-. The molecule has 0 saturated carbocycles. The molecule has 2 aliphatic rings. The van der Waals surface area contributed by atoms with Crippen LogP contribution in [0, 0.1) is 5.92 Å². The molecule has 1 amide bonds. The average Bonchev–Trinajstić information content (AvgIpc) is 3.23. The Labute approximate surface area is 232 Å². The molecule has 3 aromatic rings. The van der Waals surface area contributed by atoms with Crippen LogP contribution in [0.25, 0.3) is 6.08 Å². The summed E-state index contributed by atoms with van der Waals surface area (Å²) in [6.45, 7) is 2.24. The lowest BCUT2D eigenvalue weighted by atomic mass is 9.98. The van der Waals surface area contributed by atoms with Gasteiger partial charge in [-0.05, 0) is 79.9 Å². The van der Waals surface area contributed by atoms with E-state index in [0.29, 0.717) is 40.6 Å². The van der Waals surface area contributed by atoms with E-state index in [-0.39, 0.29) is 23.9 Å². The lowest BCUT2D eigenvalue weighted by Gasteiger charge is -2.30. The number of piperidine rings is 1. The van der Waals surface area contributed by atoms with Gasteiger partial charge in [-0.15, -0.1) is 0 Å². The Morgan fingerprint density at radius 2 is 1.62 bits per heavy atom. The smallest absolute Gasteiger partial charge is 0.314 e. The highest BCUT2D eigenvalue weighted by Crippen LogP contribution is 2.28. The number of nitrogens with zero attached hydrogens (tertiary/aromatic N) is 3. The molecule has 0 aliphatic carbocycles. The second kappa shape index (κ2) is 11.1. The van der Waals surface area contributed by atoms with Crippen molar-refractivity contribution in [3.05, 3.63) is 95.0 Å². The zero-order chi connectivity index (χ0) is 27.6. The molecule has 1 saturated heterocycles. The highest BCUT2D eigenvalue weighted by Gasteiger charge is 2.33. The monoisotopic (exact) mass is 563 g/mol. The van der Waals surface area contributed by atoms with E-state index in [1.165, 1.54) is 21.4 Å². The second-order valence-electron chi connectivity index (χ2n) is 9.32. The molecule has 1 fully saturated rings. The third kappa shape index (κ3) is 5.80. The average molecular weight is 564 g/mol. The number of carbonyl (C=O) groups excluding carboxylic acids is 2. The molecule has 5 rings (SSSR count). The Morgan fingerprint density at radius 1 is 0.974 bits per heavy atom.